The lowest BCUT2D eigenvalue weighted by Gasteiger charge is -2.50. The number of hydrazine groups is 1. The van der Waals surface area contributed by atoms with Crippen LogP contribution in [0.25, 0.3) is 0 Å². The summed E-state index contributed by atoms with van der Waals surface area (Å²) in [4.78, 5) is 60.1. The van der Waals surface area contributed by atoms with Crippen LogP contribution in [0.5, 0.6) is 17.2 Å². The molecule has 0 aromatic heterocycles. The number of nitrogens with one attached hydrogen (secondary N) is 1. The van der Waals surface area contributed by atoms with Crippen LogP contribution in [-0.4, -0.2) is 47.2 Å². The number of ether oxygens (including phenoxy) is 2. The number of allylic oxidation sites excluding steroid dienone is 2. The van der Waals surface area contributed by atoms with Crippen LogP contribution in [0.1, 0.15) is 35.4 Å². The summed E-state index contributed by atoms with van der Waals surface area (Å²) in [6.45, 7) is 1.77. The van der Waals surface area contributed by atoms with Crippen molar-refractivity contribution < 1.29 is 46.9 Å². The molecule has 4 aromatic carbocycles. The fourth-order valence-electron chi connectivity index (χ4n) is 9.12. The first-order valence-corrected chi connectivity index (χ1v) is 18.9. The number of benzene rings is 4. The highest BCUT2D eigenvalue weighted by Crippen LogP contribution is 2.65. The third-order valence-electron chi connectivity index (χ3n) is 11.5. The minimum Gasteiger partial charge on any atom is -0.508 e. The van der Waals surface area contributed by atoms with E-state index in [1.165, 1.54) is 31.4 Å². The van der Waals surface area contributed by atoms with Crippen molar-refractivity contribution in [1.29, 1.82) is 0 Å². The summed E-state index contributed by atoms with van der Waals surface area (Å²) in [5.74, 6) is -8.87. The molecule has 0 radical (unpaired) electrons. The molecule has 4 aliphatic rings. The summed E-state index contributed by atoms with van der Waals surface area (Å²) in [5.41, 5.74) is 2.52. The van der Waals surface area contributed by atoms with Crippen molar-refractivity contribution in [2.24, 2.45) is 23.7 Å². The van der Waals surface area contributed by atoms with Gasteiger partial charge in [-0.25, -0.2) is 4.90 Å². The molecular formula is C41H31Cl3F3N3O7. The normalized spacial score (nSPS) is 25.5. The highest BCUT2D eigenvalue weighted by atomic mass is 35.5. The molecule has 2 heterocycles. The van der Waals surface area contributed by atoms with Crippen LogP contribution in [-0.2, 0) is 24.6 Å². The fourth-order valence-corrected chi connectivity index (χ4v) is 9.75. The molecule has 57 heavy (non-hydrogen) atoms. The number of hydrogen-bond donors (Lipinski definition) is 2. The van der Waals surface area contributed by atoms with Gasteiger partial charge in [0.15, 0.2) is 0 Å². The maximum absolute atomic E-state index is 15.4. The molecule has 4 amide bonds. The summed E-state index contributed by atoms with van der Waals surface area (Å²) >= 11 is 19.0. The van der Waals surface area contributed by atoms with E-state index in [0.29, 0.717) is 16.3 Å². The number of nitrogens with zero attached hydrogens (tertiary/aromatic N) is 2. The van der Waals surface area contributed by atoms with Crippen LogP contribution in [0.4, 0.5) is 24.5 Å². The number of carbonyl (C=O) groups is 4. The van der Waals surface area contributed by atoms with E-state index >= 15 is 4.79 Å². The van der Waals surface area contributed by atoms with E-state index < -0.39 is 76.5 Å². The number of amides is 4. The van der Waals surface area contributed by atoms with E-state index in [1.54, 1.807) is 49.4 Å². The van der Waals surface area contributed by atoms with Gasteiger partial charge >= 0.3 is 6.36 Å². The van der Waals surface area contributed by atoms with E-state index in [4.69, 9.17) is 39.5 Å². The lowest BCUT2D eigenvalue weighted by molar-refractivity contribution is -0.274. The molecule has 2 N–H and O–H groups in total. The van der Waals surface area contributed by atoms with Gasteiger partial charge in [-0.2, -0.15) is 5.01 Å². The fraction of sp³-hybridized carbons (Fsp3) is 0.268. The molecule has 4 aromatic rings. The topological polar surface area (TPSA) is 125 Å². The van der Waals surface area contributed by atoms with Crippen LogP contribution in [0.15, 0.2) is 90.5 Å². The van der Waals surface area contributed by atoms with Gasteiger partial charge in [-0.3, -0.25) is 24.6 Å². The average molecular weight is 841 g/mol. The second kappa shape index (κ2) is 14.0. The molecule has 8 rings (SSSR count). The lowest BCUT2D eigenvalue weighted by atomic mass is 9.49. The van der Waals surface area contributed by atoms with Crippen molar-refractivity contribution in [2.75, 3.05) is 17.4 Å². The molecular weight excluding hydrogens is 810 g/mol. The van der Waals surface area contributed by atoms with E-state index in [0.717, 1.165) is 33.7 Å². The zero-order valence-electron chi connectivity index (χ0n) is 29.9. The number of phenols is 1. The lowest BCUT2D eigenvalue weighted by Crippen LogP contribution is -2.53. The van der Waals surface area contributed by atoms with E-state index in [1.807, 2.05) is 0 Å². The van der Waals surface area contributed by atoms with E-state index in [-0.39, 0.29) is 45.4 Å². The van der Waals surface area contributed by atoms with Gasteiger partial charge in [-0.1, -0.05) is 64.7 Å². The van der Waals surface area contributed by atoms with Crippen LogP contribution in [0.3, 0.4) is 0 Å². The van der Waals surface area contributed by atoms with Gasteiger partial charge in [-0.15, -0.1) is 13.2 Å². The minimum absolute atomic E-state index is 0.0149. The molecule has 0 unspecified atom stereocenters. The number of imide groups is 2. The maximum Gasteiger partial charge on any atom is 0.573 e. The van der Waals surface area contributed by atoms with Crippen molar-refractivity contribution in [1.82, 2.24) is 5.01 Å². The first-order valence-electron chi connectivity index (χ1n) is 17.7. The van der Waals surface area contributed by atoms with Gasteiger partial charge in [0.2, 0.25) is 11.8 Å². The zero-order chi connectivity index (χ0) is 40.7. The predicted molar refractivity (Wildman–Crippen MR) is 204 cm³/mol. The number of hydrogen-bond acceptors (Lipinski definition) is 8. The molecule has 2 aliphatic heterocycles. The number of methoxy groups -OCH3 is 1. The Morgan fingerprint density at radius 2 is 1.56 bits per heavy atom. The van der Waals surface area contributed by atoms with E-state index in [2.05, 4.69) is 10.2 Å². The number of carbonyl (C=O) groups excluding carboxylic acids is 4. The van der Waals surface area contributed by atoms with Crippen LogP contribution < -0.4 is 19.8 Å². The first kappa shape index (κ1) is 38.6. The summed E-state index contributed by atoms with van der Waals surface area (Å²) < 4.78 is 50.7. The standard InChI is InChI=1S/C41H31Cl3F3N3O7/c1-19-3-7-22(16-30(19)43)49-36(52)26-12-11-25-27(34(26)38(49)54)18-29-37(53)50(48-32-13-6-21(42)15-31(32)44)39(55)40(29,20-4-8-23(56-2)9-5-20)35(25)28-17-24(10-14-33(28)51)57-41(45,46)47/h3-11,13-17,26-27,29,34-35,48,51H,12,18H2,1-2H3/t26-,27+,29-,34-,35+,40+/m0/s1. The number of halogens is 6. The first-order chi connectivity index (χ1) is 27.0. The number of rotatable bonds is 7. The van der Waals surface area contributed by atoms with Gasteiger partial charge in [-0.05, 0) is 97.5 Å². The summed E-state index contributed by atoms with van der Waals surface area (Å²) in [6.07, 6.45) is -3.53. The Bertz CT molecular complexity index is 2410. The van der Waals surface area contributed by atoms with Gasteiger partial charge in [0.05, 0.1) is 46.7 Å². The Hall–Kier alpha value is -5.24. The van der Waals surface area contributed by atoms with Crippen LogP contribution in [0.2, 0.25) is 15.1 Å². The third-order valence-corrected chi connectivity index (χ3v) is 12.5. The third kappa shape index (κ3) is 6.18. The SMILES string of the molecule is COc1ccc([C@@]23C(=O)N(Nc4ccc(Cl)cc4Cl)C(=O)[C@@H]2C[C@@H]2C(=CC[C@@H]4C(=O)N(c5ccc(C)c(Cl)c5)C(=O)[C@@H]42)[C@@H]3c2cc(OC(F)(F)F)ccc2O)cc1. The van der Waals surface area contributed by atoms with Crippen LogP contribution in [0, 0.1) is 30.6 Å². The summed E-state index contributed by atoms with van der Waals surface area (Å²) in [7, 11) is 1.44. The number of aryl methyl sites for hydroxylation is 1. The van der Waals surface area contributed by atoms with Gasteiger partial charge in [0.1, 0.15) is 17.2 Å². The number of aromatic hydroxyl groups is 1. The van der Waals surface area contributed by atoms with Gasteiger partial charge in [0.25, 0.3) is 11.8 Å². The average Bonchev–Trinajstić information content (AvgIpc) is 3.54. The Morgan fingerprint density at radius 3 is 2.23 bits per heavy atom. The monoisotopic (exact) mass is 839 g/mol. The molecule has 1 saturated carbocycles. The highest BCUT2D eigenvalue weighted by Gasteiger charge is 2.71. The zero-order valence-corrected chi connectivity index (χ0v) is 32.2. The second-order valence-corrected chi connectivity index (χ2v) is 15.7. The molecule has 16 heteroatoms. The minimum atomic E-state index is -5.12. The molecule has 3 fully saturated rings. The largest absolute Gasteiger partial charge is 0.573 e. The summed E-state index contributed by atoms with van der Waals surface area (Å²) in [6, 6.07) is 18.4. The highest BCUT2D eigenvalue weighted by molar-refractivity contribution is 6.36. The Balaban J connectivity index is 1.35. The number of alkyl halides is 3. The quantitative estimate of drug-likeness (QED) is 0.140. The summed E-state index contributed by atoms with van der Waals surface area (Å²) in [5, 5.41) is 13.1. The van der Waals surface area contributed by atoms with Crippen molar-refractivity contribution in [3.8, 4) is 17.2 Å². The second-order valence-electron chi connectivity index (χ2n) is 14.4. The Labute approximate surface area is 338 Å². The van der Waals surface area contributed by atoms with Gasteiger partial charge in [0, 0.05) is 21.5 Å². The van der Waals surface area contributed by atoms with Crippen molar-refractivity contribution in [2.45, 2.75) is 37.5 Å². The van der Waals surface area contributed by atoms with Crippen LogP contribution >= 0.6 is 34.8 Å². The molecule has 6 atom stereocenters. The van der Waals surface area contributed by atoms with Gasteiger partial charge < -0.3 is 14.6 Å². The number of anilines is 2. The number of fused-ring (bicyclic) bond motifs is 4. The Kier molecular flexibility index (Phi) is 9.48. The van der Waals surface area contributed by atoms with Crippen molar-refractivity contribution >= 4 is 69.8 Å². The molecule has 2 saturated heterocycles. The Morgan fingerprint density at radius 1 is 0.842 bits per heavy atom. The molecule has 10 nitrogen and oxygen atoms in total. The number of phenolic OH excluding ortho intramolecular Hbond substituents is 1. The van der Waals surface area contributed by atoms with Crippen molar-refractivity contribution in [3.63, 3.8) is 0 Å². The van der Waals surface area contributed by atoms with Crippen molar-refractivity contribution in [3.05, 3.63) is 122 Å². The smallest absolute Gasteiger partial charge is 0.508 e. The molecule has 2 aliphatic carbocycles. The predicted octanol–water partition coefficient (Wildman–Crippen LogP) is 8.76. The van der Waals surface area contributed by atoms with E-state index in [9.17, 15) is 32.7 Å². The molecule has 0 bridgehead atoms. The maximum atomic E-state index is 15.4. The molecule has 0 spiro atoms. The molecule has 294 valence electrons.